The SMILES string of the molecule is O=C(Nc1nc(-c2ccc(O)cc2)cs1)C1(c2ccc3c(c2)OC(F)(F)O3)CC1. The van der Waals surface area contributed by atoms with Gasteiger partial charge in [0.1, 0.15) is 5.75 Å². The van der Waals surface area contributed by atoms with Crippen molar-refractivity contribution in [2.75, 3.05) is 5.32 Å². The number of aromatic nitrogens is 1. The largest absolute Gasteiger partial charge is 0.586 e. The van der Waals surface area contributed by atoms with Crippen LogP contribution < -0.4 is 14.8 Å². The summed E-state index contributed by atoms with van der Waals surface area (Å²) in [6, 6.07) is 11.0. The topological polar surface area (TPSA) is 80.7 Å². The Morgan fingerprint density at radius 2 is 1.83 bits per heavy atom. The molecule has 148 valence electrons. The number of thiazole rings is 1. The van der Waals surface area contributed by atoms with Crippen LogP contribution in [0.5, 0.6) is 17.2 Å². The molecule has 3 aromatic rings. The lowest BCUT2D eigenvalue weighted by atomic mass is 9.94. The number of rotatable bonds is 4. The highest BCUT2D eigenvalue weighted by molar-refractivity contribution is 7.14. The number of aromatic hydroxyl groups is 1. The summed E-state index contributed by atoms with van der Waals surface area (Å²) in [4.78, 5) is 17.3. The maximum absolute atomic E-state index is 13.2. The van der Waals surface area contributed by atoms with E-state index in [1.807, 2.05) is 5.38 Å². The van der Waals surface area contributed by atoms with Crippen molar-refractivity contribution in [1.29, 1.82) is 0 Å². The van der Waals surface area contributed by atoms with Gasteiger partial charge in [-0.3, -0.25) is 4.79 Å². The minimum absolute atomic E-state index is 0.0478. The number of ether oxygens (including phenoxy) is 2. The highest BCUT2D eigenvalue weighted by Crippen LogP contribution is 2.52. The van der Waals surface area contributed by atoms with Crippen molar-refractivity contribution in [3.63, 3.8) is 0 Å². The van der Waals surface area contributed by atoms with Gasteiger partial charge in [-0.15, -0.1) is 20.1 Å². The molecule has 2 aliphatic rings. The number of hydrogen-bond donors (Lipinski definition) is 2. The molecule has 0 saturated heterocycles. The Morgan fingerprint density at radius 1 is 1.10 bits per heavy atom. The summed E-state index contributed by atoms with van der Waals surface area (Å²) in [7, 11) is 0. The van der Waals surface area contributed by atoms with E-state index >= 15 is 0 Å². The van der Waals surface area contributed by atoms with E-state index in [4.69, 9.17) is 0 Å². The van der Waals surface area contributed by atoms with Crippen LogP contribution >= 0.6 is 11.3 Å². The molecule has 1 aliphatic carbocycles. The Kier molecular flexibility index (Phi) is 3.79. The number of benzene rings is 2. The second kappa shape index (κ2) is 6.15. The van der Waals surface area contributed by atoms with Crippen LogP contribution in [0.3, 0.4) is 0 Å². The number of anilines is 1. The van der Waals surface area contributed by atoms with Gasteiger partial charge in [0.15, 0.2) is 16.6 Å². The van der Waals surface area contributed by atoms with Crippen molar-refractivity contribution in [2.24, 2.45) is 0 Å². The van der Waals surface area contributed by atoms with Crippen molar-refractivity contribution >= 4 is 22.4 Å². The molecule has 1 amide bonds. The summed E-state index contributed by atoms with van der Waals surface area (Å²) in [5.74, 6) is -0.201. The van der Waals surface area contributed by atoms with Gasteiger partial charge >= 0.3 is 6.29 Å². The van der Waals surface area contributed by atoms with Crippen molar-refractivity contribution in [3.05, 3.63) is 53.4 Å². The fourth-order valence-electron chi connectivity index (χ4n) is 3.33. The standard InChI is InChI=1S/C20H14F2N2O4S/c21-20(22)27-15-6-3-12(9-16(15)28-20)19(7-8-19)17(26)24-18-23-14(10-29-18)11-1-4-13(25)5-2-11/h1-6,9-10,25H,7-8H2,(H,23,24,26). The molecule has 1 aromatic heterocycles. The molecule has 0 unspecified atom stereocenters. The normalized spacial score (nSPS) is 17.7. The molecule has 0 bridgehead atoms. The highest BCUT2D eigenvalue weighted by Gasteiger charge is 2.53. The monoisotopic (exact) mass is 416 g/mol. The Bertz CT molecular complexity index is 1110. The number of phenolic OH excluding ortho intramolecular Hbond substituents is 1. The first-order valence-electron chi connectivity index (χ1n) is 8.81. The van der Waals surface area contributed by atoms with Gasteiger partial charge in [0.05, 0.1) is 11.1 Å². The summed E-state index contributed by atoms with van der Waals surface area (Å²) in [5.41, 5.74) is 1.31. The van der Waals surface area contributed by atoms with Gasteiger partial charge in [0, 0.05) is 10.9 Å². The number of amides is 1. The number of nitrogens with one attached hydrogen (secondary N) is 1. The van der Waals surface area contributed by atoms with E-state index in [-0.39, 0.29) is 23.2 Å². The molecule has 1 aliphatic heterocycles. The highest BCUT2D eigenvalue weighted by atomic mass is 32.1. The number of fused-ring (bicyclic) bond motifs is 1. The van der Waals surface area contributed by atoms with Crippen LogP contribution in [0.1, 0.15) is 18.4 Å². The quantitative estimate of drug-likeness (QED) is 0.654. The van der Waals surface area contributed by atoms with E-state index in [9.17, 15) is 18.7 Å². The van der Waals surface area contributed by atoms with Crippen LogP contribution in [0.25, 0.3) is 11.3 Å². The molecule has 1 saturated carbocycles. The van der Waals surface area contributed by atoms with Gasteiger partial charge in [-0.05, 0) is 54.8 Å². The van der Waals surface area contributed by atoms with E-state index in [0.717, 1.165) is 5.56 Å². The van der Waals surface area contributed by atoms with Gasteiger partial charge in [-0.2, -0.15) is 0 Å². The Hall–Kier alpha value is -3.20. The van der Waals surface area contributed by atoms with E-state index in [1.165, 1.54) is 23.5 Å². The number of phenols is 1. The predicted octanol–water partition coefficient (Wildman–Crippen LogP) is 4.51. The Labute approximate surface area is 167 Å². The summed E-state index contributed by atoms with van der Waals surface area (Å²) in [6.45, 7) is 0. The molecular weight excluding hydrogens is 402 g/mol. The zero-order valence-electron chi connectivity index (χ0n) is 14.8. The molecule has 9 heteroatoms. The Balaban J connectivity index is 1.35. The third-order valence-electron chi connectivity index (χ3n) is 5.03. The molecule has 0 atom stereocenters. The number of carbonyl (C=O) groups is 1. The van der Waals surface area contributed by atoms with E-state index in [0.29, 0.717) is 29.2 Å². The number of halogens is 2. The third kappa shape index (κ3) is 3.17. The minimum atomic E-state index is -3.69. The second-order valence-electron chi connectivity index (χ2n) is 6.95. The van der Waals surface area contributed by atoms with Crippen molar-refractivity contribution in [1.82, 2.24) is 4.98 Å². The zero-order valence-corrected chi connectivity index (χ0v) is 15.6. The number of hydrogen-bond acceptors (Lipinski definition) is 6. The molecular formula is C20H14F2N2O4S. The molecule has 0 spiro atoms. The average molecular weight is 416 g/mol. The van der Waals surface area contributed by atoms with Crippen molar-refractivity contribution in [3.8, 4) is 28.5 Å². The average Bonchev–Trinajstić information content (AvgIpc) is 3.26. The van der Waals surface area contributed by atoms with Gasteiger partial charge < -0.3 is 19.9 Å². The molecule has 1 fully saturated rings. The van der Waals surface area contributed by atoms with Gasteiger partial charge in [0.2, 0.25) is 5.91 Å². The molecule has 0 radical (unpaired) electrons. The Morgan fingerprint density at radius 3 is 2.55 bits per heavy atom. The molecule has 2 N–H and O–H groups in total. The van der Waals surface area contributed by atoms with E-state index in [1.54, 1.807) is 30.3 Å². The molecule has 2 aromatic carbocycles. The smallest absolute Gasteiger partial charge is 0.508 e. The van der Waals surface area contributed by atoms with Crippen LogP contribution in [-0.4, -0.2) is 22.3 Å². The van der Waals surface area contributed by atoms with E-state index < -0.39 is 11.7 Å². The minimum Gasteiger partial charge on any atom is -0.508 e. The lowest BCUT2D eigenvalue weighted by Crippen LogP contribution is -2.27. The molecule has 6 nitrogen and oxygen atoms in total. The van der Waals surface area contributed by atoms with Crippen LogP contribution in [0.4, 0.5) is 13.9 Å². The lowest BCUT2D eigenvalue weighted by molar-refractivity contribution is -0.286. The first kappa shape index (κ1) is 17.9. The summed E-state index contributed by atoms with van der Waals surface area (Å²) < 4.78 is 35.4. The second-order valence-corrected chi connectivity index (χ2v) is 7.81. The molecule has 5 rings (SSSR count). The van der Waals surface area contributed by atoms with Crippen LogP contribution in [0, 0.1) is 0 Å². The summed E-state index contributed by atoms with van der Waals surface area (Å²) in [6.07, 6.45) is -2.48. The van der Waals surface area contributed by atoms with E-state index in [2.05, 4.69) is 19.8 Å². The molecule has 29 heavy (non-hydrogen) atoms. The zero-order chi connectivity index (χ0) is 20.2. The maximum atomic E-state index is 13.2. The van der Waals surface area contributed by atoms with Crippen LogP contribution in [-0.2, 0) is 10.2 Å². The maximum Gasteiger partial charge on any atom is 0.586 e. The number of carbonyl (C=O) groups excluding carboxylic acids is 1. The third-order valence-corrected chi connectivity index (χ3v) is 5.78. The fraction of sp³-hybridized carbons (Fsp3) is 0.200. The number of alkyl halides is 2. The summed E-state index contributed by atoms with van der Waals surface area (Å²) in [5, 5.41) is 14.5. The lowest BCUT2D eigenvalue weighted by Gasteiger charge is -2.15. The first-order chi connectivity index (χ1) is 13.8. The van der Waals surface area contributed by atoms with Crippen LogP contribution in [0.15, 0.2) is 47.8 Å². The fourth-order valence-corrected chi connectivity index (χ4v) is 4.05. The number of nitrogens with zero attached hydrogens (tertiary/aromatic N) is 1. The first-order valence-corrected chi connectivity index (χ1v) is 9.69. The summed E-state index contributed by atoms with van der Waals surface area (Å²) >= 11 is 1.29. The van der Waals surface area contributed by atoms with Gasteiger partial charge in [-0.1, -0.05) is 6.07 Å². The van der Waals surface area contributed by atoms with Crippen molar-refractivity contribution in [2.45, 2.75) is 24.6 Å². The molecule has 2 heterocycles. The van der Waals surface area contributed by atoms with Crippen LogP contribution in [0.2, 0.25) is 0 Å². The van der Waals surface area contributed by atoms with Gasteiger partial charge in [0.25, 0.3) is 0 Å². The van der Waals surface area contributed by atoms with Gasteiger partial charge in [-0.25, -0.2) is 4.98 Å². The predicted molar refractivity (Wildman–Crippen MR) is 101 cm³/mol. The van der Waals surface area contributed by atoms with Crippen molar-refractivity contribution < 1.29 is 28.2 Å².